The second-order valence-electron chi connectivity index (χ2n) is 7.45. The number of imidazole rings is 2. The molecule has 3 aromatic rings. The Kier molecular flexibility index (Phi) is 5.04. The molecule has 28 heavy (non-hydrogen) atoms. The SMILES string of the molecule is Cc1cccc2nc(CNC(=O)N3CCC([C@@H](O)c4nccn4C)CC3)cn12. The number of nitrogens with zero attached hydrogens (tertiary/aromatic N) is 5. The zero-order valence-corrected chi connectivity index (χ0v) is 16.2. The van der Waals surface area contributed by atoms with E-state index in [0.29, 0.717) is 25.5 Å². The molecule has 0 aliphatic carbocycles. The Labute approximate surface area is 163 Å². The van der Waals surface area contributed by atoms with E-state index in [-0.39, 0.29) is 11.9 Å². The van der Waals surface area contributed by atoms with Gasteiger partial charge in [0.15, 0.2) is 0 Å². The number of fused-ring (bicyclic) bond motifs is 1. The Morgan fingerprint density at radius 2 is 2.14 bits per heavy atom. The van der Waals surface area contributed by atoms with E-state index in [4.69, 9.17) is 0 Å². The number of hydrogen-bond acceptors (Lipinski definition) is 4. The number of piperidine rings is 1. The average molecular weight is 382 g/mol. The molecule has 2 amide bonds. The van der Waals surface area contributed by atoms with Crippen molar-refractivity contribution in [1.29, 1.82) is 0 Å². The Morgan fingerprint density at radius 1 is 1.36 bits per heavy atom. The highest BCUT2D eigenvalue weighted by Gasteiger charge is 2.30. The second-order valence-corrected chi connectivity index (χ2v) is 7.45. The van der Waals surface area contributed by atoms with Crippen molar-refractivity contribution < 1.29 is 9.90 Å². The van der Waals surface area contributed by atoms with Crippen molar-refractivity contribution >= 4 is 11.7 Å². The number of rotatable bonds is 4. The molecule has 1 aliphatic rings. The number of hydrogen-bond donors (Lipinski definition) is 2. The summed E-state index contributed by atoms with van der Waals surface area (Å²) in [5.74, 6) is 0.802. The first-order valence-electron chi connectivity index (χ1n) is 9.64. The fourth-order valence-corrected chi connectivity index (χ4v) is 3.85. The third-order valence-corrected chi connectivity index (χ3v) is 5.56. The molecule has 1 fully saturated rings. The van der Waals surface area contributed by atoms with E-state index in [1.165, 1.54) is 0 Å². The number of carbonyl (C=O) groups is 1. The molecule has 4 rings (SSSR count). The lowest BCUT2D eigenvalue weighted by Gasteiger charge is -2.34. The lowest BCUT2D eigenvalue weighted by atomic mass is 9.91. The fraction of sp³-hybridized carbons (Fsp3) is 0.450. The number of aliphatic hydroxyl groups is 1. The number of aliphatic hydroxyl groups excluding tert-OH is 1. The van der Waals surface area contributed by atoms with Crippen LogP contribution in [0.1, 0.15) is 36.2 Å². The van der Waals surface area contributed by atoms with Crippen LogP contribution >= 0.6 is 0 Å². The van der Waals surface area contributed by atoms with Gasteiger partial charge in [-0.25, -0.2) is 14.8 Å². The van der Waals surface area contributed by atoms with Gasteiger partial charge in [0.2, 0.25) is 0 Å². The molecule has 1 atom stereocenters. The van der Waals surface area contributed by atoms with Gasteiger partial charge in [-0.2, -0.15) is 0 Å². The third-order valence-electron chi connectivity index (χ3n) is 5.56. The van der Waals surface area contributed by atoms with Gasteiger partial charge < -0.3 is 24.3 Å². The van der Waals surface area contributed by atoms with Crippen molar-refractivity contribution in [2.24, 2.45) is 13.0 Å². The van der Waals surface area contributed by atoms with Crippen molar-refractivity contribution in [3.63, 3.8) is 0 Å². The molecule has 1 saturated heterocycles. The summed E-state index contributed by atoms with van der Waals surface area (Å²) in [5.41, 5.74) is 2.83. The number of aryl methyl sites for hydroxylation is 2. The summed E-state index contributed by atoms with van der Waals surface area (Å²) in [6, 6.07) is 5.87. The van der Waals surface area contributed by atoms with Crippen molar-refractivity contribution in [3.8, 4) is 0 Å². The van der Waals surface area contributed by atoms with Gasteiger partial charge in [-0.3, -0.25) is 0 Å². The van der Waals surface area contributed by atoms with E-state index in [0.717, 1.165) is 29.9 Å². The number of pyridine rings is 1. The maximum atomic E-state index is 12.5. The molecule has 3 aromatic heterocycles. The number of urea groups is 1. The van der Waals surface area contributed by atoms with Crippen LogP contribution in [0.4, 0.5) is 4.79 Å². The molecule has 0 aromatic carbocycles. The number of aromatic nitrogens is 4. The van der Waals surface area contributed by atoms with Crippen LogP contribution in [0.25, 0.3) is 5.65 Å². The standard InChI is InChI=1S/C20H26N6O2/c1-14-4-3-5-17-23-16(13-26(14)17)12-22-20(28)25-9-6-15(7-10-25)18(27)19-21-8-11-24(19)2/h3-5,8,11,13,15,18,27H,6-7,9-10,12H2,1-2H3,(H,22,28)/t18-/m1/s1. The summed E-state index contributed by atoms with van der Waals surface area (Å²) >= 11 is 0. The first kappa shape index (κ1) is 18.5. The molecule has 8 heteroatoms. The molecular weight excluding hydrogens is 356 g/mol. The molecule has 0 spiro atoms. The predicted octanol–water partition coefficient (Wildman–Crippen LogP) is 2.03. The molecule has 0 saturated carbocycles. The van der Waals surface area contributed by atoms with Crippen LogP contribution in [0.2, 0.25) is 0 Å². The number of carbonyl (C=O) groups excluding carboxylic acids is 1. The smallest absolute Gasteiger partial charge is 0.317 e. The minimum Gasteiger partial charge on any atom is -0.385 e. The first-order valence-corrected chi connectivity index (χ1v) is 9.64. The van der Waals surface area contributed by atoms with Gasteiger partial charge in [-0.1, -0.05) is 6.07 Å². The predicted molar refractivity (Wildman–Crippen MR) is 105 cm³/mol. The molecular formula is C20H26N6O2. The minimum absolute atomic E-state index is 0.0845. The van der Waals surface area contributed by atoms with E-state index in [9.17, 15) is 9.90 Å². The highest BCUT2D eigenvalue weighted by Crippen LogP contribution is 2.29. The summed E-state index contributed by atoms with van der Waals surface area (Å²) in [6.45, 7) is 3.68. The Morgan fingerprint density at radius 3 is 2.82 bits per heavy atom. The monoisotopic (exact) mass is 382 g/mol. The molecule has 0 bridgehead atoms. The van der Waals surface area contributed by atoms with Gasteiger partial charge in [-0.15, -0.1) is 0 Å². The minimum atomic E-state index is -0.591. The van der Waals surface area contributed by atoms with Crippen molar-refractivity contribution in [2.45, 2.75) is 32.4 Å². The van der Waals surface area contributed by atoms with E-state index in [2.05, 4.69) is 15.3 Å². The van der Waals surface area contributed by atoms with Crippen molar-refractivity contribution in [2.75, 3.05) is 13.1 Å². The number of amides is 2. The van der Waals surface area contributed by atoms with Crippen molar-refractivity contribution in [1.82, 2.24) is 29.2 Å². The van der Waals surface area contributed by atoms with Gasteiger partial charge in [0.25, 0.3) is 0 Å². The van der Waals surface area contributed by atoms with Crippen LogP contribution in [0.5, 0.6) is 0 Å². The van der Waals surface area contributed by atoms with Crippen LogP contribution < -0.4 is 5.32 Å². The van der Waals surface area contributed by atoms with Crippen LogP contribution in [0, 0.1) is 12.8 Å². The Bertz CT molecular complexity index is 970. The summed E-state index contributed by atoms with van der Waals surface area (Å²) in [4.78, 5) is 23.1. The maximum absolute atomic E-state index is 12.5. The molecule has 0 radical (unpaired) electrons. The normalized spacial score (nSPS) is 16.5. The van der Waals surface area contributed by atoms with Crippen LogP contribution in [0.3, 0.4) is 0 Å². The molecule has 148 valence electrons. The topological polar surface area (TPSA) is 87.7 Å². The third kappa shape index (κ3) is 3.60. The van der Waals surface area contributed by atoms with Gasteiger partial charge in [-0.05, 0) is 37.8 Å². The first-order chi connectivity index (χ1) is 13.5. The molecule has 8 nitrogen and oxygen atoms in total. The summed E-state index contributed by atoms with van der Waals surface area (Å²) in [5, 5.41) is 13.5. The number of likely N-dealkylation sites (tertiary alicyclic amines) is 1. The number of nitrogens with one attached hydrogen (secondary N) is 1. The molecule has 0 unspecified atom stereocenters. The lowest BCUT2D eigenvalue weighted by molar-refractivity contribution is 0.0584. The van der Waals surface area contributed by atoms with E-state index < -0.39 is 6.10 Å². The second kappa shape index (κ2) is 7.63. The quantitative estimate of drug-likeness (QED) is 0.723. The largest absolute Gasteiger partial charge is 0.385 e. The van der Waals surface area contributed by atoms with Crippen molar-refractivity contribution in [3.05, 3.63) is 54.0 Å². The zero-order chi connectivity index (χ0) is 19.7. The van der Waals surface area contributed by atoms with Crippen LogP contribution in [0.15, 0.2) is 36.8 Å². The van der Waals surface area contributed by atoms with E-state index >= 15 is 0 Å². The van der Waals surface area contributed by atoms with Gasteiger partial charge >= 0.3 is 6.03 Å². The Hall–Kier alpha value is -2.87. The zero-order valence-electron chi connectivity index (χ0n) is 16.2. The Balaban J connectivity index is 1.30. The lowest BCUT2D eigenvalue weighted by Crippen LogP contribution is -2.45. The van der Waals surface area contributed by atoms with Gasteiger partial charge in [0, 0.05) is 44.4 Å². The fourth-order valence-electron chi connectivity index (χ4n) is 3.85. The van der Waals surface area contributed by atoms with Gasteiger partial charge in [0.05, 0.1) is 12.2 Å². The highest BCUT2D eigenvalue weighted by molar-refractivity contribution is 5.74. The summed E-state index contributed by atoms with van der Waals surface area (Å²) < 4.78 is 3.87. The van der Waals surface area contributed by atoms with E-state index in [1.807, 2.05) is 58.4 Å². The molecule has 4 heterocycles. The molecule has 1 aliphatic heterocycles. The van der Waals surface area contributed by atoms with Crippen LogP contribution in [-0.4, -0.2) is 48.1 Å². The highest BCUT2D eigenvalue weighted by atomic mass is 16.3. The van der Waals surface area contributed by atoms with E-state index in [1.54, 1.807) is 6.20 Å². The molecule has 2 N–H and O–H groups in total. The summed E-state index contributed by atoms with van der Waals surface area (Å²) in [7, 11) is 1.88. The summed E-state index contributed by atoms with van der Waals surface area (Å²) in [6.07, 6.45) is 6.42. The van der Waals surface area contributed by atoms with Gasteiger partial charge in [0.1, 0.15) is 17.6 Å². The maximum Gasteiger partial charge on any atom is 0.317 e. The van der Waals surface area contributed by atoms with Crippen LogP contribution in [-0.2, 0) is 13.6 Å². The average Bonchev–Trinajstić information content (AvgIpc) is 3.32.